The van der Waals surface area contributed by atoms with Gasteiger partial charge in [-0.2, -0.15) is 0 Å². The van der Waals surface area contributed by atoms with E-state index in [1.165, 1.54) is 4.57 Å². The summed E-state index contributed by atoms with van der Waals surface area (Å²) in [6.07, 6.45) is 1.68. The maximum Gasteiger partial charge on any atom is 0.420 e. The van der Waals surface area contributed by atoms with Gasteiger partial charge in [-0.25, -0.2) is 4.79 Å². The Morgan fingerprint density at radius 2 is 2.08 bits per heavy atom. The number of carbonyl (C=O) groups excluding carboxylic acids is 1. The molecule has 7 nitrogen and oxygen atoms in total. The lowest BCUT2D eigenvalue weighted by molar-refractivity contribution is -0.122. The van der Waals surface area contributed by atoms with Crippen molar-refractivity contribution in [2.75, 3.05) is 26.2 Å². The second-order valence-corrected chi connectivity index (χ2v) is 6.86. The van der Waals surface area contributed by atoms with Crippen LogP contribution in [-0.4, -0.2) is 52.8 Å². The van der Waals surface area contributed by atoms with Gasteiger partial charge in [-0.05, 0) is 44.0 Å². The number of hydrogen-bond acceptors (Lipinski definition) is 5. The molecule has 1 amide bonds. The highest BCUT2D eigenvalue weighted by molar-refractivity contribution is 5.79. The van der Waals surface area contributed by atoms with Crippen molar-refractivity contribution < 1.29 is 14.3 Å². The zero-order valence-corrected chi connectivity index (χ0v) is 14.5. The topological polar surface area (TPSA) is 87.7 Å². The van der Waals surface area contributed by atoms with Crippen LogP contribution in [0.5, 0.6) is 0 Å². The number of likely N-dealkylation sites (tertiary alicyclic amines) is 1. The van der Waals surface area contributed by atoms with E-state index in [1.54, 1.807) is 24.3 Å². The molecule has 1 fully saturated rings. The summed E-state index contributed by atoms with van der Waals surface area (Å²) in [5.41, 5.74) is 1.05. The maximum absolute atomic E-state index is 12.1. The summed E-state index contributed by atoms with van der Waals surface area (Å²) < 4.78 is 6.40. The molecule has 0 radical (unpaired) electrons. The Hall–Kier alpha value is -2.12. The number of fused-ring (bicyclic) bond motifs is 1. The molecule has 2 heterocycles. The molecule has 1 aromatic carbocycles. The average Bonchev–Trinajstić information content (AvgIpc) is 2.91. The fourth-order valence-electron chi connectivity index (χ4n) is 3.20. The predicted octanol–water partition coefficient (Wildman–Crippen LogP) is 0.804. The molecule has 3 rings (SSSR count). The summed E-state index contributed by atoms with van der Waals surface area (Å²) in [6, 6.07) is 6.98. The third kappa shape index (κ3) is 4.49. The van der Waals surface area contributed by atoms with Crippen LogP contribution in [0, 0.1) is 5.92 Å². The molecular weight excluding hydrogens is 322 g/mol. The average molecular weight is 347 g/mol. The summed E-state index contributed by atoms with van der Waals surface area (Å²) in [5, 5.41) is 12.8. The molecule has 7 heteroatoms. The SMILES string of the molecule is CC1CCN(CC(O)CNC(=O)Cn2c(=O)oc3ccccc32)CC1. The van der Waals surface area contributed by atoms with Crippen LogP contribution in [0.4, 0.5) is 0 Å². The second-order valence-electron chi connectivity index (χ2n) is 6.86. The summed E-state index contributed by atoms with van der Waals surface area (Å²) in [7, 11) is 0. The molecule has 1 saturated heterocycles. The Morgan fingerprint density at radius 3 is 2.84 bits per heavy atom. The Morgan fingerprint density at radius 1 is 1.36 bits per heavy atom. The van der Waals surface area contributed by atoms with Gasteiger partial charge in [0.25, 0.3) is 0 Å². The molecule has 0 bridgehead atoms. The van der Waals surface area contributed by atoms with Gasteiger partial charge in [0.1, 0.15) is 6.54 Å². The second kappa shape index (κ2) is 7.84. The number of rotatable bonds is 6. The van der Waals surface area contributed by atoms with E-state index in [0.29, 0.717) is 17.6 Å². The standard InChI is InChI=1S/C18H25N3O4/c1-13-6-8-20(9-7-13)11-14(22)10-19-17(23)12-21-15-4-2-3-5-16(15)25-18(21)24/h2-5,13-14,22H,6-12H2,1H3,(H,19,23). The first-order chi connectivity index (χ1) is 12.0. The highest BCUT2D eigenvalue weighted by Crippen LogP contribution is 2.16. The first-order valence-corrected chi connectivity index (χ1v) is 8.78. The lowest BCUT2D eigenvalue weighted by Crippen LogP contribution is -2.43. The van der Waals surface area contributed by atoms with Crippen LogP contribution in [0.15, 0.2) is 33.5 Å². The number of piperidine rings is 1. The number of aromatic nitrogens is 1. The highest BCUT2D eigenvalue weighted by Gasteiger charge is 2.19. The number of para-hydroxylation sites is 2. The molecular formula is C18H25N3O4. The minimum Gasteiger partial charge on any atom is -0.408 e. The van der Waals surface area contributed by atoms with Crippen LogP contribution < -0.4 is 11.1 Å². The van der Waals surface area contributed by atoms with Gasteiger partial charge >= 0.3 is 5.76 Å². The molecule has 1 unspecified atom stereocenters. The number of aliphatic hydroxyl groups excluding tert-OH is 1. The van der Waals surface area contributed by atoms with E-state index >= 15 is 0 Å². The zero-order chi connectivity index (χ0) is 17.8. The first kappa shape index (κ1) is 17.7. The number of amides is 1. The van der Waals surface area contributed by atoms with E-state index in [0.717, 1.165) is 31.8 Å². The van der Waals surface area contributed by atoms with Gasteiger partial charge in [-0.15, -0.1) is 0 Å². The normalized spacial score (nSPS) is 17.7. The van der Waals surface area contributed by atoms with Crippen LogP contribution in [-0.2, 0) is 11.3 Å². The van der Waals surface area contributed by atoms with Crippen LogP contribution in [0.3, 0.4) is 0 Å². The quantitative estimate of drug-likeness (QED) is 0.807. The van der Waals surface area contributed by atoms with Crippen LogP contribution >= 0.6 is 0 Å². The van der Waals surface area contributed by atoms with E-state index in [-0.39, 0.29) is 19.0 Å². The third-order valence-electron chi connectivity index (χ3n) is 4.76. The first-order valence-electron chi connectivity index (χ1n) is 8.78. The Bertz CT molecular complexity index is 774. The van der Waals surface area contributed by atoms with Crippen molar-refractivity contribution in [2.24, 2.45) is 5.92 Å². The molecule has 1 atom stereocenters. The lowest BCUT2D eigenvalue weighted by atomic mass is 9.99. The largest absolute Gasteiger partial charge is 0.420 e. The highest BCUT2D eigenvalue weighted by atomic mass is 16.4. The van der Waals surface area contributed by atoms with Gasteiger partial charge < -0.3 is 19.7 Å². The molecule has 0 spiro atoms. The number of nitrogens with one attached hydrogen (secondary N) is 1. The minimum absolute atomic E-state index is 0.121. The lowest BCUT2D eigenvalue weighted by Gasteiger charge is -2.31. The summed E-state index contributed by atoms with van der Waals surface area (Å²) in [5.74, 6) is -0.129. The molecule has 0 saturated carbocycles. The minimum atomic E-state index is -0.616. The van der Waals surface area contributed by atoms with E-state index in [1.807, 2.05) is 0 Å². The van der Waals surface area contributed by atoms with Gasteiger partial charge in [0.15, 0.2) is 5.58 Å². The monoisotopic (exact) mass is 347 g/mol. The maximum atomic E-state index is 12.1. The Labute approximate surface area is 146 Å². The fourth-order valence-corrected chi connectivity index (χ4v) is 3.20. The van der Waals surface area contributed by atoms with Crippen molar-refractivity contribution in [3.05, 3.63) is 34.8 Å². The van der Waals surface area contributed by atoms with Crippen LogP contribution in [0.2, 0.25) is 0 Å². The molecule has 1 aliphatic rings. The van der Waals surface area contributed by atoms with Crippen molar-refractivity contribution in [1.29, 1.82) is 0 Å². The molecule has 1 aromatic heterocycles. The van der Waals surface area contributed by atoms with Crippen molar-refractivity contribution in [3.63, 3.8) is 0 Å². The Balaban J connectivity index is 1.49. The molecule has 2 N–H and O–H groups in total. The van der Waals surface area contributed by atoms with Crippen LogP contribution in [0.25, 0.3) is 11.1 Å². The van der Waals surface area contributed by atoms with Gasteiger partial charge in [-0.3, -0.25) is 9.36 Å². The number of nitrogens with zero attached hydrogens (tertiary/aromatic N) is 2. The van der Waals surface area contributed by atoms with Gasteiger partial charge in [-0.1, -0.05) is 19.1 Å². The number of hydrogen-bond donors (Lipinski definition) is 2. The molecule has 136 valence electrons. The van der Waals surface area contributed by atoms with Crippen molar-refractivity contribution >= 4 is 17.0 Å². The smallest absolute Gasteiger partial charge is 0.408 e. The third-order valence-corrected chi connectivity index (χ3v) is 4.76. The molecule has 1 aliphatic heterocycles. The van der Waals surface area contributed by atoms with E-state index in [2.05, 4.69) is 17.1 Å². The molecule has 0 aliphatic carbocycles. The van der Waals surface area contributed by atoms with Gasteiger partial charge in [0, 0.05) is 13.1 Å². The van der Waals surface area contributed by atoms with E-state index < -0.39 is 11.9 Å². The molecule has 25 heavy (non-hydrogen) atoms. The Kier molecular flexibility index (Phi) is 5.55. The van der Waals surface area contributed by atoms with Gasteiger partial charge in [0.2, 0.25) is 5.91 Å². The number of β-amino-alcohol motifs (C(OH)–C–C–N with tert-alkyl or cyclic N) is 1. The van der Waals surface area contributed by atoms with E-state index in [4.69, 9.17) is 4.42 Å². The summed E-state index contributed by atoms with van der Waals surface area (Å²) in [6.45, 7) is 4.83. The number of aliphatic hydroxyl groups is 1. The number of carbonyl (C=O) groups is 1. The van der Waals surface area contributed by atoms with Crippen LogP contribution in [0.1, 0.15) is 19.8 Å². The zero-order valence-electron chi connectivity index (χ0n) is 14.5. The number of oxazole rings is 1. The van der Waals surface area contributed by atoms with Crippen molar-refractivity contribution in [1.82, 2.24) is 14.8 Å². The van der Waals surface area contributed by atoms with Crippen molar-refractivity contribution in [3.8, 4) is 0 Å². The van der Waals surface area contributed by atoms with Crippen molar-refractivity contribution in [2.45, 2.75) is 32.4 Å². The molecule has 2 aromatic rings. The van der Waals surface area contributed by atoms with E-state index in [9.17, 15) is 14.7 Å². The summed E-state index contributed by atoms with van der Waals surface area (Å²) in [4.78, 5) is 26.2. The summed E-state index contributed by atoms with van der Waals surface area (Å²) >= 11 is 0. The number of benzene rings is 1. The predicted molar refractivity (Wildman–Crippen MR) is 94.3 cm³/mol. The van der Waals surface area contributed by atoms with Gasteiger partial charge in [0.05, 0.1) is 11.6 Å². The fraction of sp³-hybridized carbons (Fsp3) is 0.556.